The molecule has 0 saturated carbocycles. The van der Waals surface area contributed by atoms with Gasteiger partial charge in [-0.05, 0) is 24.1 Å². The van der Waals surface area contributed by atoms with Crippen LogP contribution < -0.4 is 10.6 Å². The Morgan fingerprint density at radius 3 is 1.88 bits per heavy atom. The molecule has 25 heavy (non-hydrogen) atoms. The third-order valence-corrected chi connectivity index (χ3v) is 3.23. The number of benzene rings is 1. The van der Waals surface area contributed by atoms with Crippen LogP contribution in [0.1, 0.15) is 18.4 Å². The van der Waals surface area contributed by atoms with Crippen LogP contribution in [0.2, 0.25) is 0 Å². The van der Waals surface area contributed by atoms with Gasteiger partial charge in [0.25, 0.3) is 0 Å². The average molecular weight is 354 g/mol. The van der Waals surface area contributed by atoms with E-state index >= 15 is 0 Å². The zero-order chi connectivity index (χ0) is 19.0. The third-order valence-electron chi connectivity index (χ3n) is 3.23. The molecule has 0 aliphatic rings. The number of carbonyl (C=O) groups excluding carboxylic acids is 1. The largest absolute Gasteiger partial charge is 0.508 e. The van der Waals surface area contributed by atoms with Crippen LogP contribution in [0.15, 0.2) is 24.3 Å². The minimum atomic E-state index is -1.46. The number of phenolic OH excluding ortho intramolecular Hbond substituents is 1. The van der Waals surface area contributed by atoms with Crippen molar-refractivity contribution in [2.24, 2.45) is 0 Å². The highest BCUT2D eigenvalue weighted by Crippen LogP contribution is 2.11. The lowest BCUT2D eigenvalue weighted by Gasteiger charge is -2.18. The first kappa shape index (κ1) is 19.7. The Kier molecular flexibility index (Phi) is 7.19. The zero-order valence-electron chi connectivity index (χ0n) is 13.0. The number of nitrogens with one attached hydrogen (secondary N) is 2. The molecule has 0 aliphatic carbocycles. The topological polar surface area (TPSA) is 173 Å². The van der Waals surface area contributed by atoms with Crippen LogP contribution in [0.4, 0.5) is 4.79 Å². The van der Waals surface area contributed by atoms with Gasteiger partial charge in [0.2, 0.25) is 0 Å². The van der Waals surface area contributed by atoms with Crippen LogP contribution >= 0.6 is 0 Å². The predicted octanol–water partition coefficient (Wildman–Crippen LogP) is 0.00510. The lowest BCUT2D eigenvalue weighted by Crippen LogP contribution is -2.51. The van der Waals surface area contributed by atoms with Gasteiger partial charge in [-0.2, -0.15) is 0 Å². The molecule has 0 spiro atoms. The molecular weight excluding hydrogens is 336 g/mol. The first-order chi connectivity index (χ1) is 11.7. The molecule has 136 valence electrons. The monoisotopic (exact) mass is 354 g/mol. The Bertz CT molecular complexity index is 643. The molecule has 0 saturated heterocycles. The maximum Gasteiger partial charge on any atom is 0.326 e. The Morgan fingerprint density at radius 1 is 0.880 bits per heavy atom. The van der Waals surface area contributed by atoms with Gasteiger partial charge in [-0.1, -0.05) is 12.1 Å². The van der Waals surface area contributed by atoms with E-state index in [0.29, 0.717) is 5.56 Å². The number of aromatic hydroxyl groups is 1. The van der Waals surface area contributed by atoms with Crippen LogP contribution in [-0.4, -0.2) is 56.4 Å². The number of amides is 2. The molecule has 1 aromatic rings. The minimum Gasteiger partial charge on any atom is -0.508 e. The summed E-state index contributed by atoms with van der Waals surface area (Å²) in [5.41, 5.74) is 0.533. The molecule has 10 heteroatoms. The van der Waals surface area contributed by atoms with E-state index in [0.717, 1.165) is 0 Å². The molecule has 0 aliphatic heterocycles. The third kappa shape index (κ3) is 7.20. The highest BCUT2D eigenvalue weighted by molar-refractivity contribution is 5.86. The number of hydrogen-bond acceptors (Lipinski definition) is 5. The molecule has 2 unspecified atom stereocenters. The van der Waals surface area contributed by atoms with E-state index in [9.17, 15) is 29.4 Å². The van der Waals surface area contributed by atoms with Crippen molar-refractivity contribution in [3.05, 3.63) is 29.8 Å². The molecule has 1 rings (SSSR count). The van der Waals surface area contributed by atoms with Crippen molar-refractivity contribution < 1.29 is 39.6 Å². The van der Waals surface area contributed by atoms with Gasteiger partial charge in [0.15, 0.2) is 0 Å². The SMILES string of the molecule is O=C(O)CCC(NC(=O)NC(Cc1ccc(O)cc1)C(=O)O)C(=O)O. The van der Waals surface area contributed by atoms with Gasteiger partial charge < -0.3 is 31.1 Å². The van der Waals surface area contributed by atoms with Crippen LogP contribution in [-0.2, 0) is 20.8 Å². The fourth-order valence-electron chi connectivity index (χ4n) is 1.95. The second-order valence-corrected chi connectivity index (χ2v) is 5.20. The van der Waals surface area contributed by atoms with Gasteiger partial charge in [0, 0.05) is 12.8 Å². The molecule has 2 atom stereocenters. The van der Waals surface area contributed by atoms with Crippen molar-refractivity contribution in [2.45, 2.75) is 31.3 Å². The van der Waals surface area contributed by atoms with Crippen LogP contribution in [0.25, 0.3) is 0 Å². The standard InChI is InChI=1S/C15H18N2O8/c18-9-3-1-8(2-4-9)7-11(14(23)24)17-15(25)16-10(13(21)22)5-6-12(19)20/h1-4,10-11,18H,5-7H2,(H,19,20)(H,21,22)(H,23,24)(H2,16,17,25). The van der Waals surface area contributed by atoms with Gasteiger partial charge >= 0.3 is 23.9 Å². The van der Waals surface area contributed by atoms with Crippen molar-refractivity contribution in [1.29, 1.82) is 0 Å². The Hall–Kier alpha value is -3.30. The molecule has 0 aromatic heterocycles. The number of rotatable bonds is 9. The van der Waals surface area contributed by atoms with E-state index in [1.54, 1.807) is 0 Å². The van der Waals surface area contributed by atoms with Gasteiger partial charge in [0.1, 0.15) is 17.8 Å². The number of carboxylic acid groups (broad SMARTS) is 3. The minimum absolute atomic E-state index is 0.00376. The van der Waals surface area contributed by atoms with Crippen LogP contribution in [0.5, 0.6) is 5.75 Å². The number of aliphatic carboxylic acids is 3. The molecular formula is C15H18N2O8. The van der Waals surface area contributed by atoms with Crippen LogP contribution in [0.3, 0.4) is 0 Å². The maximum absolute atomic E-state index is 11.8. The normalized spacial score (nSPS) is 12.6. The summed E-state index contributed by atoms with van der Waals surface area (Å²) < 4.78 is 0. The van der Waals surface area contributed by atoms with E-state index in [1.807, 2.05) is 5.32 Å². The number of carbonyl (C=O) groups is 4. The van der Waals surface area contributed by atoms with Crippen molar-refractivity contribution in [2.75, 3.05) is 0 Å². The highest BCUT2D eigenvalue weighted by atomic mass is 16.4. The van der Waals surface area contributed by atoms with Gasteiger partial charge in [-0.15, -0.1) is 0 Å². The molecule has 10 nitrogen and oxygen atoms in total. The molecule has 0 radical (unpaired) electrons. The Balaban J connectivity index is 2.68. The quantitative estimate of drug-likeness (QED) is 0.359. The summed E-state index contributed by atoms with van der Waals surface area (Å²) in [6.45, 7) is 0. The first-order valence-corrected chi connectivity index (χ1v) is 7.21. The summed E-state index contributed by atoms with van der Waals surface area (Å²) in [7, 11) is 0. The lowest BCUT2D eigenvalue weighted by molar-refractivity contribution is -0.140. The number of phenols is 1. The van der Waals surface area contributed by atoms with Gasteiger partial charge in [-0.25, -0.2) is 14.4 Å². The van der Waals surface area contributed by atoms with Crippen molar-refractivity contribution in [1.82, 2.24) is 10.6 Å². The van der Waals surface area contributed by atoms with E-state index in [1.165, 1.54) is 24.3 Å². The molecule has 2 amide bonds. The summed E-state index contributed by atoms with van der Waals surface area (Å²) >= 11 is 0. The van der Waals surface area contributed by atoms with Gasteiger partial charge in [-0.3, -0.25) is 4.79 Å². The van der Waals surface area contributed by atoms with Crippen molar-refractivity contribution in [3.63, 3.8) is 0 Å². The second-order valence-electron chi connectivity index (χ2n) is 5.20. The molecule has 0 fully saturated rings. The number of urea groups is 1. The molecule has 0 bridgehead atoms. The summed E-state index contributed by atoms with van der Waals surface area (Å²) in [5.74, 6) is -3.98. The predicted molar refractivity (Wildman–Crippen MR) is 83.2 cm³/mol. The molecule has 1 aromatic carbocycles. The average Bonchev–Trinajstić information content (AvgIpc) is 2.52. The summed E-state index contributed by atoms with van der Waals surface area (Å²) in [6.07, 6.45) is -0.892. The highest BCUT2D eigenvalue weighted by Gasteiger charge is 2.25. The van der Waals surface area contributed by atoms with E-state index < -0.39 is 42.4 Å². The first-order valence-electron chi connectivity index (χ1n) is 7.21. The smallest absolute Gasteiger partial charge is 0.326 e. The Morgan fingerprint density at radius 2 is 1.40 bits per heavy atom. The molecule has 6 N–H and O–H groups in total. The van der Waals surface area contributed by atoms with Crippen LogP contribution in [0, 0.1) is 0 Å². The zero-order valence-corrected chi connectivity index (χ0v) is 13.0. The van der Waals surface area contributed by atoms with Crippen molar-refractivity contribution in [3.8, 4) is 5.75 Å². The van der Waals surface area contributed by atoms with E-state index in [2.05, 4.69) is 5.32 Å². The van der Waals surface area contributed by atoms with Crippen molar-refractivity contribution >= 4 is 23.9 Å². The van der Waals surface area contributed by atoms with E-state index in [4.69, 9.17) is 10.2 Å². The fourth-order valence-corrected chi connectivity index (χ4v) is 1.95. The van der Waals surface area contributed by atoms with Gasteiger partial charge in [0.05, 0.1) is 0 Å². The summed E-state index contributed by atoms with van der Waals surface area (Å²) in [6, 6.07) is 1.86. The van der Waals surface area contributed by atoms with E-state index in [-0.39, 0.29) is 18.6 Å². The summed E-state index contributed by atoms with van der Waals surface area (Å²) in [5, 5.41) is 40.1. The second kappa shape index (κ2) is 9.11. The number of carboxylic acids is 3. The summed E-state index contributed by atoms with van der Waals surface area (Å²) in [4.78, 5) is 44.6. The fraction of sp³-hybridized carbons (Fsp3) is 0.333. The lowest BCUT2D eigenvalue weighted by atomic mass is 10.1. The molecule has 0 heterocycles. The maximum atomic E-state index is 11.8. The number of hydrogen-bond donors (Lipinski definition) is 6. The Labute approximate surface area is 142 Å².